The van der Waals surface area contributed by atoms with E-state index in [-0.39, 0.29) is 24.4 Å². The molecule has 5 nitrogen and oxygen atoms in total. The largest absolute Gasteiger partial charge is 0.491 e. The summed E-state index contributed by atoms with van der Waals surface area (Å²) in [6.45, 7) is 2.83. The average molecular weight is 445 g/mol. The smallest absolute Gasteiger partial charge is 0.305 e. The number of hydrogen-bond acceptors (Lipinski definition) is 5. The molecule has 32 heavy (non-hydrogen) atoms. The van der Waals surface area contributed by atoms with Crippen molar-refractivity contribution in [3.8, 4) is 5.75 Å². The summed E-state index contributed by atoms with van der Waals surface area (Å²) in [6, 6.07) is 9.44. The van der Waals surface area contributed by atoms with Gasteiger partial charge in [0.25, 0.3) is 0 Å². The van der Waals surface area contributed by atoms with Gasteiger partial charge in [-0.15, -0.1) is 0 Å². The van der Waals surface area contributed by atoms with Crippen LogP contribution < -0.4 is 4.74 Å². The van der Waals surface area contributed by atoms with Gasteiger partial charge in [-0.2, -0.15) is 0 Å². The number of ether oxygens (including phenoxy) is 2. The first-order valence-corrected chi connectivity index (χ1v) is 12.3. The summed E-state index contributed by atoms with van der Waals surface area (Å²) in [7, 11) is 0. The van der Waals surface area contributed by atoms with E-state index in [0.29, 0.717) is 25.2 Å². The molecule has 0 unspecified atom stereocenters. The highest BCUT2D eigenvalue weighted by molar-refractivity contribution is 5.83. The molecular formula is C27H40O5. The van der Waals surface area contributed by atoms with Crippen molar-refractivity contribution in [3.05, 3.63) is 42.5 Å². The summed E-state index contributed by atoms with van der Waals surface area (Å²) in [5.41, 5.74) is 0. The number of unbranched alkanes of at least 4 members (excludes halogenated alkanes) is 5. The standard InChI is InChI=1S/C27H40O5/c1-2-3-20-31-27(30)15-11-6-4-5-10-14-25-22(17-19-26(25)29)16-18-23(28)21-32-24-12-8-7-9-13-24/h7-9,12-13,16,18,22-23,25,28H,2-6,10-11,14-15,17,19-21H2,1H3/b18-16+/t22-,23-,25-/m0/s1. The monoisotopic (exact) mass is 444 g/mol. The van der Waals surface area contributed by atoms with Gasteiger partial charge in [-0.3, -0.25) is 9.59 Å². The lowest BCUT2D eigenvalue weighted by atomic mass is 9.89. The Balaban J connectivity index is 1.59. The predicted molar refractivity (Wildman–Crippen MR) is 126 cm³/mol. The van der Waals surface area contributed by atoms with Crippen LogP contribution in [0, 0.1) is 11.8 Å². The molecule has 1 aromatic carbocycles. The number of hydrogen-bond donors (Lipinski definition) is 1. The molecule has 178 valence electrons. The van der Waals surface area contributed by atoms with Crippen LogP contribution in [0.1, 0.15) is 77.6 Å². The van der Waals surface area contributed by atoms with Crippen LogP contribution in [0.5, 0.6) is 5.75 Å². The van der Waals surface area contributed by atoms with Crippen molar-refractivity contribution in [3.63, 3.8) is 0 Å². The maximum atomic E-state index is 12.3. The number of benzene rings is 1. The van der Waals surface area contributed by atoms with Crippen LogP contribution >= 0.6 is 0 Å². The fraction of sp³-hybridized carbons (Fsp3) is 0.630. The molecule has 0 aromatic heterocycles. The van der Waals surface area contributed by atoms with Crippen LogP contribution in [0.4, 0.5) is 0 Å². The molecule has 1 fully saturated rings. The van der Waals surface area contributed by atoms with Crippen molar-refractivity contribution >= 4 is 11.8 Å². The average Bonchev–Trinajstić information content (AvgIpc) is 3.15. The Hall–Kier alpha value is -2.14. The van der Waals surface area contributed by atoms with E-state index >= 15 is 0 Å². The van der Waals surface area contributed by atoms with E-state index in [1.54, 1.807) is 6.08 Å². The van der Waals surface area contributed by atoms with Gasteiger partial charge in [0.15, 0.2) is 0 Å². The maximum Gasteiger partial charge on any atom is 0.305 e. The van der Waals surface area contributed by atoms with E-state index in [1.165, 1.54) is 0 Å². The van der Waals surface area contributed by atoms with E-state index in [0.717, 1.165) is 63.5 Å². The SMILES string of the molecule is CCCCOC(=O)CCCCCCC[C@@H]1C(=O)CC[C@@H]1/C=C/[C@H](O)COc1ccccc1. The van der Waals surface area contributed by atoms with Crippen molar-refractivity contribution < 1.29 is 24.2 Å². The van der Waals surface area contributed by atoms with Crippen LogP contribution in [0.15, 0.2) is 42.5 Å². The Labute approximate surface area is 193 Å². The first-order chi connectivity index (χ1) is 15.6. The molecule has 0 saturated heterocycles. The lowest BCUT2D eigenvalue weighted by Gasteiger charge is -2.16. The Bertz CT molecular complexity index is 685. The normalized spacial score (nSPS) is 19.4. The second kappa shape index (κ2) is 15.6. The minimum absolute atomic E-state index is 0.0713. The first kappa shape index (κ1) is 26.1. The topological polar surface area (TPSA) is 72.8 Å². The van der Waals surface area contributed by atoms with Gasteiger partial charge in [0.2, 0.25) is 0 Å². The summed E-state index contributed by atoms with van der Waals surface area (Å²) in [5.74, 6) is 1.29. The zero-order chi connectivity index (χ0) is 23.0. The second-order valence-electron chi connectivity index (χ2n) is 8.73. The van der Waals surface area contributed by atoms with E-state index in [9.17, 15) is 14.7 Å². The summed E-state index contributed by atoms with van der Waals surface area (Å²) >= 11 is 0. The van der Waals surface area contributed by atoms with E-state index in [4.69, 9.17) is 9.47 Å². The van der Waals surface area contributed by atoms with Crippen LogP contribution in [-0.4, -0.2) is 36.2 Å². The van der Waals surface area contributed by atoms with Crippen LogP contribution in [0.25, 0.3) is 0 Å². The van der Waals surface area contributed by atoms with Gasteiger partial charge in [0.1, 0.15) is 24.2 Å². The quantitative estimate of drug-likeness (QED) is 0.203. The van der Waals surface area contributed by atoms with Gasteiger partial charge in [-0.1, -0.05) is 69.4 Å². The second-order valence-corrected chi connectivity index (χ2v) is 8.73. The molecule has 1 aromatic rings. The van der Waals surface area contributed by atoms with Crippen LogP contribution in [-0.2, 0) is 14.3 Å². The fourth-order valence-electron chi connectivity index (χ4n) is 4.13. The number of esters is 1. The zero-order valence-electron chi connectivity index (χ0n) is 19.5. The van der Waals surface area contributed by atoms with Gasteiger partial charge in [-0.05, 0) is 43.7 Å². The van der Waals surface area contributed by atoms with Crippen LogP contribution in [0.3, 0.4) is 0 Å². The highest BCUT2D eigenvalue weighted by Crippen LogP contribution is 2.34. The number of carbonyl (C=O) groups excluding carboxylic acids is 2. The molecule has 1 N–H and O–H groups in total. The lowest BCUT2D eigenvalue weighted by Crippen LogP contribution is -2.17. The summed E-state index contributed by atoms with van der Waals surface area (Å²) < 4.78 is 10.8. The van der Waals surface area contributed by atoms with Crippen molar-refractivity contribution in [2.24, 2.45) is 11.8 Å². The van der Waals surface area contributed by atoms with Crippen molar-refractivity contribution in [1.82, 2.24) is 0 Å². The van der Waals surface area contributed by atoms with E-state index < -0.39 is 6.10 Å². The molecule has 0 radical (unpaired) electrons. The number of Topliss-reactive ketones (excluding diaryl/α,β-unsaturated/α-hetero) is 1. The number of carbonyl (C=O) groups is 2. The van der Waals surface area contributed by atoms with E-state index in [2.05, 4.69) is 6.92 Å². The molecule has 3 atom stereocenters. The highest BCUT2D eigenvalue weighted by atomic mass is 16.5. The van der Waals surface area contributed by atoms with Crippen LogP contribution in [0.2, 0.25) is 0 Å². The van der Waals surface area contributed by atoms with Gasteiger partial charge in [0, 0.05) is 18.8 Å². The molecule has 2 rings (SSSR count). The van der Waals surface area contributed by atoms with Gasteiger partial charge < -0.3 is 14.6 Å². The first-order valence-electron chi connectivity index (χ1n) is 12.3. The third kappa shape index (κ3) is 10.4. The third-order valence-corrected chi connectivity index (χ3v) is 6.06. The highest BCUT2D eigenvalue weighted by Gasteiger charge is 2.32. The van der Waals surface area contributed by atoms with Crippen molar-refractivity contribution in [2.45, 2.75) is 83.7 Å². The Morgan fingerprint density at radius 1 is 1.12 bits per heavy atom. The van der Waals surface area contributed by atoms with Crippen molar-refractivity contribution in [1.29, 1.82) is 0 Å². The third-order valence-electron chi connectivity index (χ3n) is 6.06. The lowest BCUT2D eigenvalue weighted by molar-refractivity contribution is -0.143. The molecule has 1 saturated carbocycles. The molecule has 0 heterocycles. The number of aliphatic hydroxyl groups excluding tert-OH is 1. The van der Waals surface area contributed by atoms with Gasteiger partial charge in [0.05, 0.1) is 6.61 Å². The number of allylic oxidation sites excluding steroid dienone is 1. The minimum atomic E-state index is -0.680. The zero-order valence-corrected chi connectivity index (χ0v) is 19.5. The fourth-order valence-corrected chi connectivity index (χ4v) is 4.13. The summed E-state index contributed by atoms with van der Waals surface area (Å²) in [4.78, 5) is 23.9. The molecule has 5 heteroatoms. The summed E-state index contributed by atoms with van der Waals surface area (Å²) in [5, 5.41) is 10.2. The molecule has 1 aliphatic rings. The number of rotatable bonds is 16. The summed E-state index contributed by atoms with van der Waals surface area (Å²) in [6.07, 6.45) is 13.1. The molecular weight excluding hydrogens is 404 g/mol. The molecule has 0 spiro atoms. The Morgan fingerprint density at radius 2 is 1.88 bits per heavy atom. The minimum Gasteiger partial charge on any atom is -0.491 e. The van der Waals surface area contributed by atoms with Gasteiger partial charge >= 0.3 is 5.97 Å². The molecule has 0 bridgehead atoms. The number of para-hydroxylation sites is 1. The molecule has 0 aliphatic heterocycles. The predicted octanol–water partition coefficient (Wildman–Crippen LogP) is 5.65. The molecule has 1 aliphatic carbocycles. The number of aliphatic hydroxyl groups is 1. The van der Waals surface area contributed by atoms with Gasteiger partial charge in [-0.25, -0.2) is 0 Å². The Morgan fingerprint density at radius 3 is 2.66 bits per heavy atom. The maximum absolute atomic E-state index is 12.3. The number of ketones is 1. The van der Waals surface area contributed by atoms with E-state index in [1.807, 2.05) is 36.4 Å². The Kier molecular flexibility index (Phi) is 12.8. The molecule has 0 amide bonds. The van der Waals surface area contributed by atoms with Crippen molar-refractivity contribution in [2.75, 3.05) is 13.2 Å².